The number of imidazole rings is 1. The quantitative estimate of drug-likeness (QED) is 0.382. The molecule has 0 saturated carbocycles. The van der Waals surface area contributed by atoms with Crippen molar-refractivity contribution >= 4 is 22.8 Å². The minimum atomic E-state index is -0.504. The van der Waals surface area contributed by atoms with Crippen LogP contribution in [0, 0.1) is 0 Å². The number of aromatic amines is 1. The molecule has 0 atom stereocenters. The lowest BCUT2D eigenvalue weighted by molar-refractivity contribution is 0.716. The van der Waals surface area contributed by atoms with E-state index in [-0.39, 0.29) is 0 Å². The molecular weight excluding hydrogens is 380 g/mol. The maximum absolute atomic E-state index is 12.6. The molecule has 2 aromatic carbocycles. The van der Waals surface area contributed by atoms with Crippen LogP contribution in [0.4, 0.5) is 5.95 Å². The van der Waals surface area contributed by atoms with Crippen molar-refractivity contribution in [3.8, 4) is 0 Å². The van der Waals surface area contributed by atoms with E-state index >= 15 is 0 Å². The molecule has 2 heterocycles. The maximum Gasteiger partial charge on any atom is 0.329 e. The molecule has 8 nitrogen and oxygen atoms in total. The number of benzene rings is 2. The van der Waals surface area contributed by atoms with Gasteiger partial charge in [0.15, 0.2) is 11.2 Å². The summed E-state index contributed by atoms with van der Waals surface area (Å²) in [6.07, 6.45) is 0.699. The number of nitrogens with zero attached hydrogens (tertiary/aromatic N) is 4. The van der Waals surface area contributed by atoms with Gasteiger partial charge >= 0.3 is 5.69 Å². The monoisotopic (exact) mass is 402 g/mol. The molecule has 2 aromatic heterocycles. The van der Waals surface area contributed by atoms with Crippen LogP contribution in [0.3, 0.4) is 0 Å². The summed E-state index contributed by atoms with van der Waals surface area (Å²) < 4.78 is 3.09. The molecule has 2 N–H and O–H groups in total. The van der Waals surface area contributed by atoms with E-state index in [1.54, 1.807) is 11.6 Å². The first kappa shape index (κ1) is 19.4. The number of nitrogens with one attached hydrogen (secondary N) is 2. The Morgan fingerprint density at radius 3 is 2.43 bits per heavy atom. The van der Waals surface area contributed by atoms with Crippen molar-refractivity contribution in [1.29, 1.82) is 0 Å². The molecule has 0 fully saturated rings. The fourth-order valence-corrected chi connectivity index (χ4v) is 3.30. The summed E-state index contributed by atoms with van der Waals surface area (Å²) in [5, 5.41) is 4.44. The molecule has 0 aliphatic carbocycles. The van der Waals surface area contributed by atoms with Crippen LogP contribution in [-0.4, -0.2) is 24.8 Å². The highest BCUT2D eigenvalue weighted by Gasteiger charge is 2.17. The molecule has 0 radical (unpaired) electrons. The zero-order valence-electron chi connectivity index (χ0n) is 16.8. The molecule has 0 aliphatic heterocycles. The standard InChI is InChI=1S/C22H22N6O2/c1-15(17-11-7-4-8-12-17)25-26-21-23-19-18(20(29)24-22(30)27(19)2)28(21)14-13-16-9-5-3-6-10-16/h3-12H,13-14H2,1-2H3,(H,23,26)(H,24,29,30)/b25-15-. The van der Waals surface area contributed by atoms with Gasteiger partial charge in [-0.05, 0) is 24.5 Å². The van der Waals surface area contributed by atoms with Crippen molar-refractivity contribution in [1.82, 2.24) is 19.1 Å². The summed E-state index contributed by atoms with van der Waals surface area (Å²) in [5.74, 6) is 0.405. The minimum absolute atomic E-state index is 0.312. The third-order valence-corrected chi connectivity index (χ3v) is 4.99. The summed E-state index contributed by atoms with van der Waals surface area (Å²) in [6.45, 7) is 2.39. The first-order chi connectivity index (χ1) is 14.5. The first-order valence-corrected chi connectivity index (χ1v) is 9.64. The van der Waals surface area contributed by atoms with E-state index in [2.05, 4.69) is 20.5 Å². The van der Waals surface area contributed by atoms with Gasteiger partial charge in [0.05, 0.1) is 5.71 Å². The second-order valence-electron chi connectivity index (χ2n) is 6.99. The van der Waals surface area contributed by atoms with E-state index in [1.165, 1.54) is 4.57 Å². The van der Waals surface area contributed by atoms with E-state index in [1.807, 2.05) is 67.6 Å². The molecule has 152 valence electrons. The zero-order chi connectivity index (χ0) is 21.1. The largest absolute Gasteiger partial charge is 0.329 e. The number of fused-ring (bicyclic) bond motifs is 1. The van der Waals surface area contributed by atoms with Gasteiger partial charge in [0.2, 0.25) is 5.95 Å². The van der Waals surface area contributed by atoms with Crippen molar-refractivity contribution in [2.75, 3.05) is 5.43 Å². The molecule has 0 saturated heterocycles. The lowest BCUT2D eigenvalue weighted by atomic mass is 10.1. The molecule has 0 aliphatic rings. The lowest BCUT2D eigenvalue weighted by Crippen LogP contribution is -2.29. The van der Waals surface area contributed by atoms with E-state index in [9.17, 15) is 9.59 Å². The number of hydrogen-bond acceptors (Lipinski definition) is 5. The second-order valence-corrected chi connectivity index (χ2v) is 6.99. The Labute approximate surface area is 172 Å². The Kier molecular flexibility index (Phi) is 5.30. The summed E-state index contributed by atoms with van der Waals surface area (Å²) >= 11 is 0. The van der Waals surface area contributed by atoms with Crippen LogP contribution in [0.1, 0.15) is 18.1 Å². The number of aromatic nitrogens is 4. The molecule has 0 unspecified atom stereocenters. The van der Waals surface area contributed by atoms with Crippen LogP contribution >= 0.6 is 0 Å². The second kappa shape index (κ2) is 8.20. The number of aryl methyl sites for hydroxylation is 3. The summed E-state index contributed by atoms with van der Waals surface area (Å²) in [7, 11) is 1.58. The topological polar surface area (TPSA) is 97.1 Å². The van der Waals surface area contributed by atoms with Crippen molar-refractivity contribution in [3.05, 3.63) is 92.6 Å². The highest BCUT2D eigenvalue weighted by atomic mass is 16.2. The van der Waals surface area contributed by atoms with Crippen LogP contribution in [0.5, 0.6) is 0 Å². The van der Waals surface area contributed by atoms with Crippen molar-refractivity contribution in [2.45, 2.75) is 19.9 Å². The number of hydrazone groups is 1. The van der Waals surface area contributed by atoms with Crippen molar-refractivity contribution in [3.63, 3.8) is 0 Å². The first-order valence-electron chi connectivity index (χ1n) is 9.64. The number of H-pyrrole nitrogens is 1. The normalized spacial score (nSPS) is 11.7. The van der Waals surface area contributed by atoms with E-state index in [4.69, 9.17) is 0 Å². The molecule has 0 bridgehead atoms. The highest BCUT2D eigenvalue weighted by Crippen LogP contribution is 2.17. The maximum atomic E-state index is 12.6. The van der Waals surface area contributed by atoms with Gasteiger partial charge in [0, 0.05) is 13.6 Å². The summed E-state index contributed by atoms with van der Waals surface area (Å²) in [5.41, 5.74) is 5.55. The third kappa shape index (κ3) is 3.80. The Bertz CT molecular complexity index is 1320. The average molecular weight is 402 g/mol. The van der Waals surface area contributed by atoms with Crippen LogP contribution < -0.4 is 16.7 Å². The number of anilines is 1. The molecular formula is C22H22N6O2. The fourth-order valence-electron chi connectivity index (χ4n) is 3.30. The molecule has 4 rings (SSSR count). The Morgan fingerprint density at radius 2 is 1.73 bits per heavy atom. The third-order valence-electron chi connectivity index (χ3n) is 4.99. The minimum Gasteiger partial charge on any atom is -0.303 e. The van der Waals surface area contributed by atoms with Gasteiger partial charge in [0.25, 0.3) is 5.56 Å². The van der Waals surface area contributed by atoms with E-state index in [0.29, 0.717) is 30.1 Å². The molecule has 30 heavy (non-hydrogen) atoms. The van der Waals surface area contributed by atoms with Crippen LogP contribution in [0.25, 0.3) is 11.2 Å². The van der Waals surface area contributed by atoms with Crippen molar-refractivity contribution in [2.24, 2.45) is 12.1 Å². The summed E-state index contributed by atoms with van der Waals surface area (Å²) in [4.78, 5) is 31.4. The van der Waals surface area contributed by atoms with E-state index < -0.39 is 11.2 Å². The molecule has 8 heteroatoms. The van der Waals surface area contributed by atoms with Crippen LogP contribution in [0.2, 0.25) is 0 Å². The van der Waals surface area contributed by atoms with Gasteiger partial charge in [-0.25, -0.2) is 10.2 Å². The molecule has 4 aromatic rings. The van der Waals surface area contributed by atoms with Gasteiger partial charge < -0.3 is 4.57 Å². The highest BCUT2D eigenvalue weighted by molar-refractivity contribution is 5.99. The Hall–Kier alpha value is -3.94. The fraction of sp³-hybridized carbons (Fsp3) is 0.182. The van der Waals surface area contributed by atoms with Crippen LogP contribution in [0.15, 0.2) is 75.4 Å². The average Bonchev–Trinajstić information content (AvgIpc) is 3.15. The van der Waals surface area contributed by atoms with Gasteiger partial charge in [-0.1, -0.05) is 60.7 Å². The van der Waals surface area contributed by atoms with E-state index in [0.717, 1.165) is 16.8 Å². The van der Waals surface area contributed by atoms with Gasteiger partial charge in [-0.2, -0.15) is 10.1 Å². The Morgan fingerprint density at radius 1 is 1.07 bits per heavy atom. The smallest absolute Gasteiger partial charge is 0.303 e. The van der Waals surface area contributed by atoms with Gasteiger partial charge in [-0.3, -0.25) is 14.3 Å². The number of rotatable bonds is 6. The van der Waals surface area contributed by atoms with Crippen molar-refractivity contribution < 1.29 is 0 Å². The SMILES string of the molecule is C/C(=N/Nc1nc2c(c(=O)[nH]c(=O)n2C)n1CCc1ccccc1)c1ccccc1. The molecule has 0 spiro atoms. The Balaban J connectivity index is 1.75. The molecule has 0 amide bonds. The summed E-state index contributed by atoms with van der Waals surface area (Å²) in [6, 6.07) is 19.7. The van der Waals surface area contributed by atoms with Crippen LogP contribution in [-0.2, 0) is 20.0 Å². The zero-order valence-corrected chi connectivity index (χ0v) is 16.8. The van der Waals surface area contributed by atoms with Gasteiger partial charge in [-0.15, -0.1) is 0 Å². The lowest BCUT2D eigenvalue weighted by Gasteiger charge is -2.09. The van der Waals surface area contributed by atoms with Gasteiger partial charge in [0.1, 0.15) is 0 Å². The predicted molar refractivity (Wildman–Crippen MR) is 118 cm³/mol. The predicted octanol–water partition coefficient (Wildman–Crippen LogP) is 2.50. The number of hydrogen-bond donors (Lipinski definition) is 2.